The van der Waals surface area contributed by atoms with Gasteiger partial charge in [-0.1, -0.05) is 0 Å². The Balaban J connectivity index is -0.0000000200. The third kappa shape index (κ3) is 141. The molecule has 0 radical (unpaired) electrons. The van der Waals surface area contributed by atoms with Crippen molar-refractivity contribution < 1.29 is 39.5 Å². The van der Waals surface area contributed by atoms with E-state index in [4.69, 9.17) is 9.90 Å². The molecule has 0 amide bonds. The van der Waals surface area contributed by atoms with Gasteiger partial charge in [0, 0.05) is 6.47 Å². The van der Waals surface area contributed by atoms with Gasteiger partial charge in [0.1, 0.15) is 0 Å². The van der Waals surface area contributed by atoms with Crippen LogP contribution in [-0.2, 0) is 4.79 Å². The first-order chi connectivity index (χ1) is 1.41. The molecule has 0 aliphatic carbocycles. The number of rotatable bonds is 0. The normalized spacial score (nSPS) is 2.40. The van der Waals surface area contributed by atoms with Gasteiger partial charge in [-0.15, -0.1) is 0 Å². The third-order valence-electron chi connectivity index (χ3n) is 0. The molecule has 0 atom stereocenters. The van der Waals surface area contributed by atoms with Crippen molar-refractivity contribution in [2.24, 2.45) is 0 Å². The van der Waals surface area contributed by atoms with Crippen LogP contribution in [0.25, 0.3) is 0 Å². The monoisotopic (exact) mass is 85.0 g/mol. The summed E-state index contributed by atoms with van der Waals surface area (Å²) in [4.78, 5) is 8.25. The molecule has 5 heavy (non-hydrogen) atoms. The SMILES string of the molecule is N.O=C[O-].[Na+]. The van der Waals surface area contributed by atoms with E-state index in [1.807, 2.05) is 0 Å². The first-order valence-electron chi connectivity index (χ1n) is 0.471. The van der Waals surface area contributed by atoms with Gasteiger partial charge in [-0.2, -0.15) is 0 Å². The van der Waals surface area contributed by atoms with Crippen LogP contribution in [0.3, 0.4) is 0 Å². The summed E-state index contributed by atoms with van der Waals surface area (Å²) in [6, 6.07) is 0. The molecular weight excluding hydrogens is 81.0 g/mol. The van der Waals surface area contributed by atoms with E-state index in [-0.39, 0.29) is 35.7 Å². The molecule has 0 spiro atoms. The van der Waals surface area contributed by atoms with Crippen LogP contribution < -0.4 is 40.8 Å². The molecule has 0 aliphatic heterocycles. The summed E-state index contributed by atoms with van der Waals surface area (Å²) >= 11 is 0. The smallest absolute Gasteiger partial charge is 0.554 e. The van der Waals surface area contributed by atoms with Crippen molar-refractivity contribution in [2.75, 3.05) is 0 Å². The van der Waals surface area contributed by atoms with Crippen LogP contribution >= 0.6 is 0 Å². The molecule has 0 saturated heterocycles. The maximum absolute atomic E-state index is 8.25. The quantitative estimate of drug-likeness (QED) is 0.238. The first kappa shape index (κ1) is 18.0. The van der Waals surface area contributed by atoms with Gasteiger partial charge in [0.15, 0.2) is 0 Å². The summed E-state index contributed by atoms with van der Waals surface area (Å²) < 4.78 is 0. The third-order valence-corrected chi connectivity index (χ3v) is 0. The average molecular weight is 85.0 g/mol. The molecule has 0 aromatic carbocycles. The fourth-order valence-electron chi connectivity index (χ4n) is 0. The van der Waals surface area contributed by atoms with Gasteiger partial charge in [-0.25, -0.2) is 0 Å². The molecule has 0 aromatic rings. The molecule has 26 valence electrons. The summed E-state index contributed by atoms with van der Waals surface area (Å²) in [6.07, 6.45) is 0. The second-order valence-electron chi connectivity index (χ2n) is 0.0962. The zero-order valence-corrected chi connectivity index (χ0v) is 5.10. The van der Waals surface area contributed by atoms with Gasteiger partial charge in [0.05, 0.1) is 0 Å². The number of hydrogen-bond acceptors (Lipinski definition) is 3. The van der Waals surface area contributed by atoms with Gasteiger partial charge in [-0.3, -0.25) is 0 Å². The van der Waals surface area contributed by atoms with Crippen LogP contribution in [0.1, 0.15) is 0 Å². The van der Waals surface area contributed by atoms with E-state index in [0.717, 1.165) is 0 Å². The van der Waals surface area contributed by atoms with Gasteiger partial charge in [-0.05, 0) is 0 Å². The van der Waals surface area contributed by atoms with E-state index in [1.54, 1.807) is 0 Å². The largest absolute Gasteiger partial charge is 1.00 e. The Morgan fingerprint density at radius 2 is 1.60 bits per heavy atom. The molecule has 0 fully saturated rings. The van der Waals surface area contributed by atoms with Crippen LogP contribution in [0, 0.1) is 0 Å². The topological polar surface area (TPSA) is 75.1 Å². The summed E-state index contributed by atoms with van der Waals surface area (Å²) in [5.74, 6) is 0. The molecule has 0 heterocycles. The zero-order chi connectivity index (χ0) is 2.71. The number of carboxylic acid groups (broad SMARTS) is 1. The van der Waals surface area contributed by atoms with Crippen molar-refractivity contribution in [3.8, 4) is 0 Å². The van der Waals surface area contributed by atoms with Crippen molar-refractivity contribution in [1.29, 1.82) is 0 Å². The van der Waals surface area contributed by atoms with Crippen molar-refractivity contribution in [3.05, 3.63) is 0 Å². The van der Waals surface area contributed by atoms with Gasteiger partial charge in [0.2, 0.25) is 0 Å². The van der Waals surface area contributed by atoms with Crippen LogP contribution in [0.5, 0.6) is 0 Å². The Kier molecular flexibility index (Phi) is 92.0. The number of carbonyl (C=O) groups is 1. The molecule has 0 unspecified atom stereocenters. The van der Waals surface area contributed by atoms with Gasteiger partial charge >= 0.3 is 29.6 Å². The predicted octanol–water partition coefficient (Wildman–Crippen LogP) is -4.47. The molecular formula is CH4NNaO2. The van der Waals surface area contributed by atoms with E-state index in [0.29, 0.717) is 0 Å². The van der Waals surface area contributed by atoms with Crippen molar-refractivity contribution in [2.45, 2.75) is 0 Å². The standard InChI is InChI=1S/CH2O2.H3N.Na/c2-1-3;;/h1H,(H,2,3);1H3;/q;;+1/p-1. The zero-order valence-electron chi connectivity index (χ0n) is 3.10. The number of carbonyl (C=O) groups excluding carboxylic acids is 1. The Bertz CT molecular complexity index is 17.1. The Labute approximate surface area is 52.2 Å². The molecule has 3 N–H and O–H groups in total. The van der Waals surface area contributed by atoms with Crippen molar-refractivity contribution in [1.82, 2.24) is 6.15 Å². The van der Waals surface area contributed by atoms with Crippen molar-refractivity contribution >= 4 is 6.47 Å². The van der Waals surface area contributed by atoms with Crippen LogP contribution in [0.2, 0.25) is 0 Å². The van der Waals surface area contributed by atoms with Gasteiger partial charge < -0.3 is 16.1 Å². The fourth-order valence-corrected chi connectivity index (χ4v) is 0. The Morgan fingerprint density at radius 1 is 1.60 bits per heavy atom. The summed E-state index contributed by atoms with van der Waals surface area (Å²) in [5.41, 5.74) is 0. The number of hydrogen-bond donors (Lipinski definition) is 1. The van der Waals surface area contributed by atoms with Crippen LogP contribution in [0.15, 0.2) is 0 Å². The van der Waals surface area contributed by atoms with E-state index in [1.165, 1.54) is 0 Å². The van der Waals surface area contributed by atoms with E-state index in [9.17, 15) is 0 Å². The van der Waals surface area contributed by atoms with Crippen LogP contribution in [0.4, 0.5) is 0 Å². The maximum atomic E-state index is 8.25. The van der Waals surface area contributed by atoms with Crippen LogP contribution in [-0.4, -0.2) is 6.47 Å². The van der Waals surface area contributed by atoms with E-state index < -0.39 is 6.47 Å². The van der Waals surface area contributed by atoms with Crippen molar-refractivity contribution in [3.63, 3.8) is 0 Å². The van der Waals surface area contributed by atoms with Gasteiger partial charge in [0.25, 0.3) is 0 Å². The predicted molar refractivity (Wildman–Crippen MR) is 11.1 cm³/mol. The summed E-state index contributed by atoms with van der Waals surface area (Å²) in [6.45, 7) is -0.500. The summed E-state index contributed by atoms with van der Waals surface area (Å²) in [5, 5.41) is 8.25. The molecule has 4 heteroatoms. The average Bonchev–Trinajstić information content (AvgIpc) is 0.918. The fraction of sp³-hybridized carbons (Fsp3) is 0. The minimum atomic E-state index is -0.500. The minimum absolute atomic E-state index is 0. The maximum Gasteiger partial charge on any atom is 1.00 e. The molecule has 0 bridgehead atoms. The first-order valence-corrected chi connectivity index (χ1v) is 0.471. The minimum Gasteiger partial charge on any atom is -0.554 e. The second kappa shape index (κ2) is 25.5. The Morgan fingerprint density at radius 3 is 1.60 bits per heavy atom. The molecule has 0 saturated carbocycles. The Hall–Kier alpha value is 0.430. The second-order valence-corrected chi connectivity index (χ2v) is 0.0962. The molecule has 3 nitrogen and oxygen atoms in total. The molecule has 0 rings (SSSR count). The molecule has 0 aliphatic rings. The van der Waals surface area contributed by atoms with E-state index >= 15 is 0 Å². The van der Waals surface area contributed by atoms with E-state index in [2.05, 4.69) is 0 Å². The molecule has 0 aromatic heterocycles. The summed E-state index contributed by atoms with van der Waals surface area (Å²) in [7, 11) is 0.